The van der Waals surface area contributed by atoms with Crippen LogP contribution in [0.15, 0.2) is 41.6 Å². The van der Waals surface area contributed by atoms with Gasteiger partial charge in [0.2, 0.25) is 5.88 Å². The first-order valence-corrected chi connectivity index (χ1v) is 6.95. The number of benzene rings is 1. The van der Waals surface area contributed by atoms with Gasteiger partial charge in [-0.2, -0.15) is 0 Å². The van der Waals surface area contributed by atoms with Crippen molar-refractivity contribution in [2.75, 3.05) is 13.7 Å². The van der Waals surface area contributed by atoms with Crippen molar-refractivity contribution >= 4 is 5.84 Å². The van der Waals surface area contributed by atoms with Gasteiger partial charge in [-0.05, 0) is 29.3 Å². The van der Waals surface area contributed by atoms with Crippen LogP contribution in [0.1, 0.15) is 5.56 Å². The number of rotatable bonds is 5. The molecule has 0 atom stereocenters. The number of nitrogens with zero attached hydrogens (tertiary/aromatic N) is 3. The van der Waals surface area contributed by atoms with E-state index < -0.39 is 0 Å². The molecule has 1 aromatic carbocycles. The number of amidine groups is 1. The average molecular weight is 317 g/mol. The summed E-state index contributed by atoms with van der Waals surface area (Å²) >= 11 is 0. The third kappa shape index (κ3) is 3.38. The molecule has 0 saturated carbocycles. The fourth-order valence-electron chi connectivity index (χ4n) is 2.24. The highest BCUT2D eigenvalue weighted by atomic mass is 19.1. The van der Waals surface area contributed by atoms with Gasteiger partial charge in [0, 0.05) is 11.8 Å². The Morgan fingerprint density at radius 1 is 1.30 bits per heavy atom. The molecule has 0 aliphatic carbocycles. The van der Waals surface area contributed by atoms with Gasteiger partial charge in [0.15, 0.2) is 5.84 Å². The van der Waals surface area contributed by atoms with Gasteiger partial charge in [0.05, 0.1) is 13.7 Å². The predicted molar refractivity (Wildman–Crippen MR) is 82.5 cm³/mol. The molecule has 3 N–H and O–H groups in total. The van der Waals surface area contributed by atoms with Gasteiger partial charge in [-0.3, -0.25) is 5.43 Å². The van der Waals surface area contributed by atoms with Gasteiger partial charge >= 0.3 is 0 Å². The van der Waals surface area contributed by atoms with Crippen LogP contribution in [0.4, 0.5) is 4.39 Å². The number of halogens is 1. The highest BCUT2D eigenvalue weighted by molar-refractivity contribution is 5.83. The lowest BCUT2D eigenvalue weighted by Crippen LogP contribution is -2.41. The molecule has 23 heavy (non-hydrogen) atoms. The monoisotopic (exact) mass is 317 g/mol. The van der Waals surface area contributed by atoms with Gasteiger partial charge in [-0.1, -0.05) is 12.1 Å². The van der Waals surface area contributed by atoms with Crippen LogP contribution < -0.4 is 15.7 Å². The van der Waals surface area contributed by atoms with Gasteiger partial charge in [-0.15, -0.1) is 10.2 Å². The predicted octanol–water partition coefficient (Wildman–Crippen LogP) is 1.03. The van der Waals surface area contributed by atoms with Crippen molar-refractivity contribution in [3.05, 3.63) is 47.9 Å². The number of nitrogens with one attached hydrogen (secondary N) is 2. The molecule has 0 bridgehead atoms. The number of hydrazone groups is 1. The normalized spacial score (nSPS) is 14.1. The van der Waals surface area contributed by atoms with E-state index in [1.165, 1.54) is 12.1 Å². The highest BCUT2D eigenvalue weighted by Crippen LogP contribution is 2.29. The molecule has 0 radical (unpaired) electrons. The maximum atomic E-state index is 13.1. The number of aliphatic hydroxyl groups is 1. The van der Waals surface area contributed by atoms with Crippen LogP contribution in [0.3, 0.4) is 0 Å². The summed E-state index contributed by atoms with van der Waals surface area (Å²) in [5.74, 6) is 0.608. The summed E-state index contributed by atoms with van der Waals surface area (Å²) in [4.78, 5) is 4.29. The molecule has 120 valence electrons. The smallest absolute Gasteiger partial charge is 0.221 e. The largest absolute Gasteiger partial charge is 0.481 e. The van der Waals surface area contributed by atoms with Gasteiger partial charge in [-0.25, -0.2) is 14.9 Å². The minimum Gasteiger partial charge on any atom is -0.481 e. The second-order valence-electron chi connectivity index (χ2n) is 4.92. The van der Waals surface area contributed by atoms with E-state index in [0.717, 1.165) is 16.7 Å². The molecule has 0 fully saturated rings. The fourth-order valence-corrected chi connectivity index (χ4v) is 2.24. The average Bonchev–Trinajstić information content (AvgIpc) is 3.03. The van der Waals surface area contributed by atoms with E-state index >= 15 is 0 Å². The SMILES string of the molecule is COc1ncc(CN2NN=C(CO)N2)cc1-c1ccc(F)cc1. The van der Waals surface area contributed by atoms with Gasteiger partial charge in [0.25, 0.3) is 0 Å². The lowest BCUT2D eigenvalue weighted by atomic mass is 10.1. The van der Waals surface area contributed by atoms with Crippen molar-refractivity contribution < 1.29 is 14.2 Å². The van der Waals surface area contributed by atoms with Crippen LogP contribution in [0, 0.1) is 5.82 Å². The first kappa shape index (κ1) is 15.2. The van der Waals surface area contributed by atoms with Crippen LogP contribution in [0.5, 0.6) is 5.88 Å². The van der Waals surface area contributed by atoms with E-state index in [-0.39, 0.29) is 12.4 Å². The van der Waals surface area contributed by atoms with E-state index in [1.54, 1.807) is 30.6 Å². The summed E-state index contributed by atoms with van der Waals surface area (Å²) in [6, 6.07) is 8.06. The van der Waals surface area contributed by atoms with E-state index in [9.17, 15) is 4.39 Å². The standard InChI is InChI=1S/C15H16FN5O2/c1-23-15-13(11-2-4-12(16)5-3-11)6-10(7-17-15)8-21-19-14(9-22)18-20-21/h2-7,20,22H,8-9H2,1H3,(H,18,19). The molecular formula is C15H16FN5O2. The molecule has 7 nitrogen and oxygen atoms in total. The van der Waals surface area contributed by atoms with Crippen LogP contribution in [-0.4, -0.2) is 34.8 Å². The van der Waals surface area contributed by atoms with Crippen molar-refractivity contribution in [2.45, 2.75) is 6.54 Å². The van der Waals surface area contributed by atoms with Crippen molar-refractivity contribution in [1.29, 1.82) is 0 Å². The molecular weight excluding hydrogens is 301 g/mol. The Hall–Kier alpha value is -2.71. The Bertz CT molecular complexity index is 720. The topological polar surface area (TPSA) is 82.0 Å². The van der Waals surface area contributed by atoms with Crippen molar-refractivity contribution in [3.63, 3.8) is 0 Å². The van der Waals surface area contributed by atoms with E-state index in [0.29, 0.717) is 18.3 Å². The summed E-state index contributed by atoms with van der Waals surface area (Å²) in [6.45, 7) is 0.281. The second kappa shape index (κ2) is 6.59. The minimum absolute atomic E-state index is 0.175. The van der Waals surface area contributed by atoms with Crippen molar-refractivity contribution in [2.24, 2.45) is 5.10 Å². The third-order valence-electron chi connectivity index (χ3n) is 3.32. The molecule has 3 rings (SSSR count). The van der Waals surface area contributed by atoms with E-state index in [4.69, 9.17) is 9.84 Å². The first-order chi connectivity index (χ1) is 11.2. The number of ether oxygens (including phenoxy) is 1. The number of aromatic nitrogens is 1. The minimum atomic E-state index is -0.295. The molecule has 0 spiro atoms. The third-order valence-corrected chi connectivity index (χ3v) is 3.32. The second-order valence-corrected chi connectivity index (χ2v) is 4.92. The lowest BCUT2D eigenvalue weighted by molar-refractivity contribution is 0.167. The Morgan fingerprint density at radius 2 is 2.09 bits per heavy atom. The van der Waals surface area contributed by atoms with E-state index in [2.05, 4.69) is 21.0 Å². The summed E-state index contributed by atoms with van der Waals surface area (Å²) in [5.41, 5.74) is 8.11. The fraction of sp³-hybridized carbons (Fsp3) is 0.200. The zero-order valence-corrected chi connectivity index (χ0v) is 12.5. The van der Waals surface area contributed by atoms with Crippen molar-refractivity contribution in [1.82, 2.24) is 21.1 Å². The van der Waals surface area contributed by atoms with Crippen molar-refractivity contribution in [3.8, 4) is 17.0 Å². The van der Waals surface area contributed by atoms with Crippen LogP contribution in [0.2, 0.25) is 0 Å². The summed E-state index contributed by atoms with van der Waals surface area (Å²) in [5, 5.41) is 14.5. The van der Waals surface area contributed by atoms with Gasteiger partial charge < -0.3 is 9.84 Å². The lowest BCUT2D eigenvalue weighted by Gasteiger charge is -2.16. The summed E-state index contributed by atoms with van der Waals surface area (Å²) in [6.07, 6.45) is 1.69. The molecule has 0 unspecified atom stereocenters. The number of hydrazine groups is 2. The number of hydrogen-bond acceptors (Lipinski definition) is 7. The zero-order valence-electron chi connectivity index (χ0n) is 12.5. The number of hydrogen-bond donors (Lipinski definition) is 3. The van der Waals surface area contributed by atoms with Crippen LogP contribution in [-0.2, 0) is 6.54 Å². The Morgan fingerprint density at radius 3 is 2.74 bits per heavy atom. The number of pyridine rings is 1. The molecule has 1 aromatic heterocycles. The number of aliphatic hydroxyl groups excluding tert-OH is 1. The van der Waals surface area contributed by atoms with Crippen LogP contribution >= 0.6 is 0 Å². The Labute approximate surface area is 132 Å². The summed E-state index contributed by atoms with van der Waals surface area (Å²) < 4.78 is 18.4. The highest BCUT2D eigenvalue weighted by Gasteiger charge is 2.15. The molecule has 8 heteroatoms. The molecule has 2 aromatic rings. The first-order valence-electron chi connectivity index (χ1n) is 6.95. The maximum absolute atomic E-state index is 13.1. The molecule has 1 aliphatic heterocycles. The number of methoxy groups -OCH3 is 1. The quantitative estimate of drug-likeness (QED) is 0.764. The molecule has 2 heterocycles. The van der Waals surface area contributed by atoms with Crippen LogP contribution in [0.25, 0.3) is 11.1 Å². The summed E-state index contributed by atoms with van der Waals surface area (Å²) in [7, 11) is 1.54. The van der Waals surface area contributed by atoms with E-state index in [1.807, 2.05) is 6.07 Å². The van der Waals surface area contributed by atoms with Gasteiger partial charge in [0.1, 0.15) is 12.4 Å². The Kier molecular flexibility index (Phi) is 4.35. The molecule has 0 amide bonds. The maximum Gasteiger partial charge on any atom is 0.221 e. The molecule has 1 aliphatic rings. The molecule has 0 saturated heterocycles. The Balaban J connectivity index is 1.83. The zero-order chi connectivity index (χ0) is 16.2.